The minimum absolute atomic E-state index is 0.729. The van der Waals surface area contributed by atoms with Crippen molar-refractivity contribution in [2.24, 2.45) is 0 Å². The van der Waals surface area contributed by atoms with Gasteiger partial charge in [0.1, 0.15) is 0 Å². The third-order valence-corrected chi connectivity index (χ3v) is 2.68. The van der Waals surface area contributed by atoms with Crippen LogP contribution < -0.4 is 0 Å². The standard InChI is InChI=1S/C11H14O.W/c1-2-12-10-6-9-11-7-4-3-5-8-11;/h7H,2-5,8H2,1H3;. The second-order valence-electron chi connectivity index (χ2n) is 2.95. The van der Waals surface area contributed by atoms with Crippen molar-refractivity contribution in [3.63, 3.8) is 0 Å². The molecule has 1 aliphatic carbocycles. The molecule has 1 nitrogen and oxygen atoms in total. The predicted molar refractivity (Wildman–Crippen MR) is 51.0 cm³/mol. The topological polar surface area (TPSA) is 9.23 Å². The Hall–Kier alpha value is -0.182. The van der Waals surface area contributed by atoms with Gasteiger partial charge in [0, 0.05) is 0 Å². The molecule has 0 aliphatic heterocycles. The van der Waals surface area contributed by atoms with Gasteiger partial charge in [0.2, 0.25) is 0 Å². The Labute approximate surface area is 91.0 Å². The van der Waals surface area contributed by atoms with Crippen LogP contribution in [-0.4, -0.2) is 10.7 Å². The molecule has 0 saturated heterocycles. The van der Waals surface area contributed by atoms with Crippen LogP contribution in [0.4, 0.5) is 0 Å². The van der Waals surface area contributed by atoms with Gasteiger partial charge in [-0.25, -0.2) is 0 Å². The molecule has 0 unspecified atom stereocenters. The van der Waals surface area contributed by atoms with Crippen LogP contribution in [-0.2, 0) is 24.1 Å². The first-order valence-electron chi connectivity index (χ1n) is 4.70. The third kappa shape index (κ3) is 4.55. The van der Waals surface area contributed by atoms with Crippen molar-refractivity contribution >= 4 is 4.08 Å². The van der Waals surface area contributed by atoms with E-state index in [9.17, 15) is 0 Å². The molecular weight excluding hydrogens is 332 g/mol. The van der Waals surface area contributed by atoms with Crippen molar-refractivity contribution in [1.82, 2.24) is 0 Å². The van der Waals surface area contributed by atoms with Crippen LogP contribution in [0.3, 0.4) is 0 Å². The summed E-state index contributed by atoms with van der Waals surface area (Å²) in [7, 11) is 0. The van der Waals surface area contributed by atoms with Crippen LogP contribution in [0.2, 0.25) is 0 Å². The third-order valence-electron chi connectivity index (χ3n) is 1.89. The zero-order valence-electron chi connectivity index (χ0n) is 7.93. The fourth-order valence-corrected chi connectivity index (χ4v) is 1.86. The number of ether oxygens (including phenoxy) is 1. The maximum absolute atomic E-state index is 5.29. The summed E-state index contributed by atoms with van der Waals surface area (Å²) in [5, 5.41) is 0. The van der Waals surface area contributed by atoms with E-state index in [2.05, 4.69) is 17.9 Å². The molecule has 0 aromatic carbocycles. The average molecular weight is 346 g/mol. The van der Waals surface area contributed by atoms with E-state index in [1.54, 1.807) is 0 Å². The molecule has 0 saturated carbocycles. The van der Waals surface area contributed by atoms with Gasteiger partial charge in [0.25, 0.3) is 0 Å². The summed E-state index contributed by atoms with van der Waals surface area (Å²) in [4.78, 5) is 0. The molecule has 1 rings (SSSR count). The van der Waals surface area contributed by atoms with Gasteiger partial charge in [-0.2, -0.15) is 0 Å². The van der Waals surface area contributed by atoms with Gasteiger partial charge in [0.05, 0.1) is 0 Å². The molecule has 0 atom stereocenters. The summed E-state index contributed by atoms with van der Waals surface area (Å²) < 4.78 is 6.20. The zero-order valence-corrected chi connectivity index (χ0v) is 10.9. The van der Waals surface area contributed by atoms with Gasteiger partial charge >= 0.3 is 90.9 Å². The first-order valence-corrected chi connectivity index (χ1v) is 6.17. The molecule has 0 amide bonds. The minimum atomic E-state index is 0.729. The van der Waals surface area contributed by atoms with E-state index in [-0.39, 0.29) is 0 Å². The molecule has 1 aliphatic rings. The van der Waals surface area contributed by atoms with E-state index in [4.69, 9.17) is 4.74 Å². The summed E-state index contributed by atoms with van der Waals surface area (Å²) in [5.74, 6) is 6.24. The van der Waals surface area contributed by atoms with Crippen LogP contribution in [0.5, 0.6) is 0 Å². The fraction of sp³-hybridized carbons (Fsp3) is 0.545. The number of rotatable bonds is 2. The summed E-state index contributed by atoms with van der Waals surface area (Å²) >= 11 is 1.32. The zero-order chi connectivity index (χ0) is 9.52. The van der Waals surface area contributed by atoms with Crippen LogP contribution in [0.15, 0.2) is 11.6 Å². The van der Waals surface area contributed by atoms with Crippen molar-refractivity contribution in [2.45, 2.75) is 32.6 Å². The van der Waals surface area contributed by atoms with Crippen molar-refractivity contribution in [3.05, 3.63) is 11.6 Å². The quantitative estimate of drug-likeness (QED) is 0.697. The molecule has 0 aromatic rings. The van der Waals surface area contributed by atoms with Crippen LogP contribution in [0, 0.1) is 11.8 Å². The first-order chi connectivity index (χ1) is 6.33. The van der Waals surface area contributed by atoms with E-state index >= 15 is 0 Å². The van der Waals surface area contributed by atoms with Crippen molar-refractivity contribution in [2.75, 3.05) is 6.61 Å². The van der Waals surface area contributed by atoms with E-state index in [0.29, 0.717) is 0 Å². The summed E-state index contributed by atoms with van der Waals surface area (Å²) in [6, 6.07) is 0. The molecule has 0 bridgehead atoms. The maximum atomic E-state index is 5.29. The van der Waals surface area contributed by atoms with Gasteiger partial charge in [0.15, 0.2) is 0 Å². The Balaban J connectivity index is 2.45. The SMILES string of the molecule is CCO[C](=[W])C#CC1=CCCCC1. The van der Waals surface area contributed by atoms with Gasteiger partial charge in [-0.1, -0.05) is 0 Å². The molecule has 0 aromatic heterocycles. The average Bonchev–Trinajstić information content (AvgIpc) is 2.17. The van der Waals surface area contributed by atoms with Gasteiger partial charge < -0.3 is 0 Å². The van der Waals surface area contributed by atoms with Crippen molar-refractivity contribution in [1.29, 1.82) is 0 Å². The Morgan fingerprint density at radius 2 is 2.46 bits per heavy atom. The predicted octanol–water partition coefficient (Wildman–Crippen LogP) is 2.20. The molecule has 0 heterocycles. The molecule has 2 heteroatoms. The molecule has 0 N–H and O–H groups in total. The van der Waals surface area contributed by atoms with Gasteiger partial charge in [-0.15, -0.1) is 0 Å². The van der Waals surface area contributed by atoms with Crippen LogP contribution >= 0.6 is 0 Å². The van der Waals surface area contributed by atoms with E-state index in [1.165, 1.54) is 44.2 Å². The molecule has 0 fully saturated rings. The van der Waals surface area contributed by atoms with Crippen molar-refractivity contribution in [3.8, 4) is 11.8 Å². The Kier molecular flexibility index (Phi) is 5.28. The van der Waals surface area contributed by atoms with E-state index in [0.717, 1.165) is 17.1 Å². The van der Waals surface area contributed by atoms with Crippen LogP contribution in [0.25, 0.3) is 0 Å². The van der Waals surface area contributed by atoms with Gasteiger partial charge in [-0.05, 0) is 0 Å². The number of hydrogen-bond acceptors (Lipinski definition) is 1. The fourth-order valence-electron chi connectivity index (χ4n) is 1.25. The molecule has 70 valence electrons. The monoisotopic (exact) mass is 346 g/mol. The summed E-state index contributed by atoms with van der Waals surface area (Å²) in [5.41, 5.74) is 1.30. The summed E-state index contributed by atoms with van der Waals surface area (Å²) in [6.07, 6.45) is 7.23. The van der Waals surface area contributed by atoms with Gasteiger partial charge in [-0.3, -0.25) is 0 Å². The second-order valence-corrected chi connectivity index (χ2v) is 4.28. The number of hydrogen-bond donors (Lipinski definition) is 0. The number of allylic oxidation sites excluding steroid dienone is 2. The normalized spacial score (nSPS) is 15.6. The van der Waals surface area contributed by atoms with Crippen LogP contribution in [0.1, 0.15) is 32.6 Å². The Morgan fingerprint density at radius 1 is 1.62 bits per heavy atom. The molecule has 0 radical (unpaired) electrons. The summed E-state index contributed by atoms with van der Waals surface area (Å²) in [6.45, 7) is 2.72. The first kappa shape index (κ1) is 10.9. The van der Waals surface area contributed by atoms with E-state index < -0.39 is 0 Å². The molecular formula is C11H14OW. The molecule has 13 heavy (non-hydrogen) atoms. The van der Waals surface area contributed by atoms with E-state index in [1.807, 2.05) is 6.92 Å². The Morgan fingerprint density at radius 3 is 3.08 bits per heavy atom. The van der Waals surface area contributed by atoms with Crippen molar-refractivity contribution < 1.29 is 24.1 Å². The second kappa shape index (κ2) is 6.30. The Bertz CT molecular complexity index is 268. The molecule has 0 spiro atoms.